The Balaban J connectivity index is 1.71. The van der Waals surface area contributed by atoms with Crippen LogP contribution < -0.4 is 0 Å². The van der Waals surface area contributed by atoms with Crippen molar-refractivity contribution in [1.82, 2.24) is 0 Å². The molecular formula is C17H20O2. The molecule has 0 amide bonds. The fraction of sp³-hybridized carbons (Fsp3) is 0.412. The minimum Gasteiger partial charge on any atom is -0.461 e. The van der Waals surface area contributed by atoms with E-state index in [1.54, 1.807) is 0 Å². The first-order chi connectivity index (χ1) is 9.03. The largest absolute Gasteiger partial charge is 0.461 e. The monoisotopic (exact) mass is 256 g/mol. The van der Waals surface area contributed by atoms with E-state index >= 15 is 0 Å². The molecule has 1 aliphatic rings. The molecule has 100 valence electrons. The van der Waals surface area contributed by atoms with Gasteiger partial charge in [0.2, 0.25) is 0 Å². The van der Waals surface area contributed by atoms with Gasteiger partial charge in [0.1, 0.15) is 11.5 Å². The zero-order valence-electron chi connectivity index (χ0n) is 11.7. The van der Waals surface area contributed by atoms with Gasteiger partial charge in [-0.2, -0.15) is 0 Å². The maximum atomic E-state index is 5.97. The third-order valence-corrected chi connectivity index (χ3v) is 3.29. The van der Waals surface area contributed by atoms with Gasteiger partial charge in [0.25, 0.3) is 0 Å². The topological polar surface area (TPSA) is 22.4 Å². The molecule has 0 saturated heterocycles. The third-order valence-electron chi connectivity index (χ3n) is 3.29. The van der Waals surface area contributed by atoms with Crippen LogP contribution in [-0.2, 0) is 4.74 Å². The average molecular weight is 256 g/mol. The molecule has 0 aliphatic heterocycles. The molecule has 0 bridgehead atoms. The Bertz CT molecular complexity index is 548. The third kappa shape index (κ3) is 2.90. The lowest BCUT2D eigenvalue weighted by molar-refractivity contribution is -0.0183. The molecule has 0 radical (unpaired) electrons. The van der Waals surface area contributed by atoms with E-state index in [4.69, 9.17) is 9.15 Å². The van der Waals surface area contributed by atoms with Crippen LogP contribution in [0.5, 0.6) is 0 Å². The van der Waals surface area contributed by atoms with Gasteiger partial charge in [-0.1, -0.05) is 30.3 Å². The Hall–Kier alpha value is -1.54. The van der Waals surface area contributed by atoms with Gasteiger partial charge in [0.05, 0.1) is 11.7 Å². The highest BCUT2D eigenvalue weighted by molar-refractivity contribution is 5.57. The van der Waals surface area contributed by atoms with Crippen molar-refractivity contribution in [3.8, 4) is 11.3 Å². The van der Waals surface area contributed by atoms with Crippen molar-refractivity contribution in [3.63, 3.8) is 0 Å². The molecule has 0 N–H and O–H groups in total. The molecule has 1 saturated carbocycles. The van der Waals surface area contributed by atoms with E-state index in [-0.39, 0.29) is 5.60 Å². The Morgan fingerprint density at radius 1 is 1.05 bits per heavy atom. The zero-order chi connectivity index (χ0) is 13.5. The fourth-order valence-electron chi connectivity index (χ4n) is 2.37. The Kier molecular flexibility index (Phi) is 2.98. The van der Waals surface area contributed by atoms with Gasteiger partial charge in [-0.25, -0.2) is 0 Å². The Morgan fingerprint density at radius 3 is 2.47 bits per heavy atom. The molecule has 0 unspecified atom stereocenters. The Labute approximate surface area is 114 Å². The molecule has 1 heterocycles. The summed E-state index contributed by atoms with van der Waals surface area (Å²) < 4.78 is 11.9. The summed E-state index contributed by atoms with van der Waals surface area (Å²) in [6, 6.07) is 14.3. The molecule has 1 fully saturated rings. The second-order valence-corrected chi connectivity index (χ2v) is 6.18. The predicted molar refractivity (Wildman–Crippen MR) is 76.1 cm³/mol. The van der Waals surface area contributed by atoms with Gasteiger partial charge in [-0.15, -0.1) is 0 Å². The van der Waals surface area contributed by atoms with Crippen molar-refractivity contribution in [3.05, 3.63) is 48.2 Å². The van der Waals surface area contributed by atoms with Crippen LogP contribution >= 0.6 is 0 Å². The maximum absolute atomic E-state index is 5.97. The fourth-order valence-corrected chi connectivity index (χ4v) is 2.37. The number of hydrogen-bond donors (Lipinski definition) is 0. The number of benzene rings is 1. The first-order valence-corrected chi connectivity index (χ1v) is 6.86. The molecule has 2 aromatic rings. The molecule has 1 aromatic carbocycles. The highest BCUT2D eigenvalue weighted by Gasteiger charge is 2.44. The highest BCUT2D eigenvalue weighted by atomic mass is 16.5. The molecule has 0 spiro atoms. The summed E-state index contributed by atoms with van der Waals surface area (Å²) in [7, 11) is 0. The van der Waals surface area contributed by atoms with Crippen LogP contribution in [0.4, 0.5) is 0 Å². The first-order valence-electron chi connectivity index (χ1n) is 6.86. The first kappa shape index (κ1) is 12.5. The van der Waals surface area contributed by atoms with Gasteiger partial charge in [-0.3, -0.25) is 0 Å². The molecule has 1 aliphatic carbocycles. The molecule has 2 atom stereocenters. The normalized spacial score (nSPS) is 22.5. The van der Waals surface area contributed by atoms with E-state index in [2.05, 4.69) is 45.0 Å². The second-order valence-electron chi connectivity index (χ2n) is 6.18. The van der Waals surface area contributed by atoms with Crippen molar-refractivity contribution in [2.45, 2.75) is 44.8 Å². The van der Waals surface area contributed by atoms with Crippen molar-refractivity contribution in [1.29, 1.82) is 0 Å². The van der Waals surface area contributed by atoms with Crippen molar-refractivity contribution >= 4 is 0 Å². The Morgan fingerprint density at radius 2 is 1.79 bits per heavy atom. The highest BCUT2D eigenvalue weighted by Crippen LogP contribution is 2.46. The van der Waals surface area contributed by atoms with Crippen LogP contribution in [0.3, 0.4) is 0 Å². The van der Waals surface area contributed by atoms with Gasteiger partial charge in [0.15, 0.2) is 0 Å². The summed E-state index contributed by atoms with van der Waals surface area (Å²) in [5, 5.41) is 0. The SMILES string of the molecule is CC(C)(C)O[C@H]1C[C@H]1c1ccc(-c2ccccc2)o1. The summed E-state index contributed by atoms with van der Waals surface area (Å²) in [5.41, 5.74) is 1.05. The van der Waals surface area contributed by atoms with Gasteiger partial charge in [-0.05, 0) is 39.3 Å². The summed E-state index contributed by atoms with van der Waals surface area (Å²) in [6.07, 6.45) is 1.38. The molecule has 3 rings (SSSR count). The van der Waals surface area contributed by atoms with Crippen LogP contribution in [0.2, 0.25) is 0 Å². The van der Waals surface area contributed by atoms with Gasteiger partial charge in [0, 0.05) is 11.5 Å². The van der Waals surface area contributed by atoms with Gasteiger partial charge >= 0.3 is 0 Å². The molecule has 19 heavy (non-hydrogen) atoms. The number of hydrogen-bond acceptors (Lipinski definition) is 2. The van der Waals surface area contributed by atoms with Crippen LogP contribution in [-0.4, -0.2) is 11.7 Å². The van der Waals surface area contributed by atoms with E-state index in [1.807, 2.05) is 18.2 Å². The number of ether oxygens (including phenoxy) is 1. The van der Waals surface area contributed by atoms with E-state index in [9.17, 15) is 0 Å². The lowest BCUT2D eigenvalue weighted by Crippen LogP contribution is -2.20. The summed E-state index contributed by atoms with van der Waals surface area (Å²) in [6.45, 7) is 6.29. The average Bonchev–Trinajstić information content (AvgIpc) is 2.92. The standard InChI is InChI=1S/C17H20O2/c1-17(2,3)19-16-11-13(16)15-10-9-14(18-15)12-7-5-4-6-8-12/h4-10,13,16H,11H2,1-3H3/t13-,16-/m0/s1. The molecule has 2 nitrogen and oxygen atoms in total. The number of furan rings is 1. The molecule has 1 aromatic heterocycles. The van der Waals surface area contributed by atoms with Crippen LogP contribution in [0.25, 0.3) is 11.3 Å². The lowest BCUT2D eigenvalue weighted by atomic mass is 10.2. The van der Waals surface area contributed by atoms with Crippen LogP contribution in [0, 0.1) is 0 Å². The quantitative estimate of drug-likeness (QED) is 0.799. The minimum atomic E-state index is -0.0751. The van der Waals surface area contributed by atoms with Crippen molar-refractivity contribution in [2.24, 2.45) is 0 Å². The summed E-state index contributed by atoms with van der Waals surface area (Å²) >= 11 is 0. The van der Waals surface area contributed by atoms with Crippen molar-refractivity contribution in [2.75, 3.05) is 0 Å². The molecular weight excluding hydrogens is 236 g/mol. The van der Waals surface area contributed by atoms with Crippen LogP contribution in [0.15, 0.2) is 46.9 Å². The smallest absolute Gasteiger partial charge is 0.134 e. The predicted octanol–water partition coefficient (Wildman–Crippen LogP) is 4.62. The van der Waals surface area contributed by atoms with E-state index < -0.39 is 0 Å². The summed E-state index contributed by atoms with van der Waals surface area (Å²) in [5.74, 6) is 2.42. The van der Waals surface area contributed by atoms with E-state index in [0.717, 1.165) is 23.5 Å². The lowest BCUT2D eigenvalue weighted by Gasteiger charge is -2.19. The second kappa shape index (κ2) is 4.53. The number of rotatable bonds is 3. The van der Waals surface area contributed by atoms with E-state index in [1.165, 1.54) is 0 Å². The van der Waals surface area contributed by atoms with E-state index in [0.29, 0.717) is 12.0 Å². The van der Waals surface area contributed by atoms with Gasteiger partial charge < -0.3 is 9.15 Å². The molecule has 2 heteroatoms. The summed E-state index contributed by atoms with van der Waals surface area (Å²) in [4.78, 5) is 0. The van der Waals surface area contributed by atoms with Crippen molar-refractivity contribution < 1.29 is 9.15 Å². The maximum Gasteiger partial charge on any atom is 0.134 e. The minimum absolute atomic E-state index is 0.0751. The van der Waals surface area contributed by atoms with Crippen LogP contribution in [0.1, 0.15) is 38.9 Å². The zero-order valence-corrected chi connectivity index (χ0v) is 11.7.